The van der Waals surface area contributed by atoms with Crippen LogP contribution >= 0.6 is 0 Å². The van der Waals surface area contributed by atoms with Crippen LogP contribution in [0.2, 0.25) is 0 Å². The van der Waals surface area contributed by atoms with Gasteiger partial charge in [-0.25, -0.2) is 0 Å². The van der Waals surface area contributed by atoms with Crippen molar-refractivity contribution in [3.05, 3.63) is 0 Å². The molecule has 0 radical (unpaired) electrons. The molecular weight excluding hydrogens is 236 g/mol. The Balaban J connectivity index is 2.27. The van der Waals surface area contributed by atoms with Crippen LogP contribution in [0.15, 0.2) is 0 Å². The van der Waals surface area contributed by atoms with E-state index >= 15 is 0 Å². The molecule has 114 valence electrons. The van der Waals surface area contributed by atoms with Crippen LogP contribution in [0.3, 0.4) is 0 Å². The minimum absolute atomic E-state index is 0.619. The molecule has 2 atom stereocenters. The highest BCUT2D eigenvalue weighted by Crippen LogP contribution is 2.28. The fourth-order valence-corrected chi connectivity index (χ4v) is 2.82. The second-order valence-corrected chi connectivity index (χ2v) is 5.93. The first-order valence-electron chi connectivity index (χ1n) is 8.24. The fourth-order valence-electron chi connectivity index (χ4n) is 2.82. The van der Waals surface area contributed by atoms with E-state index in [1.807, 2.05) is 0 Å². The van der Waals surface area contributed by atoms with Crippen LogP contribution in [0, 0.1) is 5.92 Å². The van der Waals surface area contributed by atoms with Gasteiger partial charge in [-0.3, -0.25) is 4.90 Å². The van der Waals surface area contributed by atoms with Crippen molar-refractivity contribution in [1.29, 1.82) is 0 Å². The van der Waals surface area contributed by atoms with Crippen LogP contribution < -0.4 is 5.32 Å². The summed E-state index contributed by atoms with van der Waals surface area (Å²) in [6.45, 7) is 10.8. The van der Waals surface area contributed by atoms with Crippen molar-refractivity contribution in [1.82, 2.24) is 10.2 Å². The molecule has 1 saturated carbocycles. The predicted octanol–water partition coefficient (Wildman–Crippen LogP) is 2.90. The third kappa shape index (κ3) is 6.73. The minimum Gasteiger partial charge on any atom is -0.380 e. The first kappa shape index (κ1) is 16.9. The van der Waals surface area contributed by atoms with Crippen LogP contribution in [0.4, 0.5) is 0 Å². The number of nitrogens with zero attached hydrogens (tertiary/aromatic N) is 1. The highest BCUT2D eigenvalue weighted by atomic mass is 16.5. The lowest BCUT2D eigenvalue weighted by Gasteiger charge is -2.34. The summed E-state index contributed by atoms with van der Waals surface area (Å²) in [5.74, 6) is 0.877. The minimum atomic E-state index is 0.619. The SMILES string of the molecule is CCCC(NCC)C(CC)N(C)CCOCC1CC1. The molecule has 19 heavy (non-hydrogen) atoms. The van der Waals surface area contributed by atoms with E-state index in [1.165, 1.54) is 32.1 Å². The maximum Gasteiger partial charge on any atom is 0.0593 e. The van der Waals surface area contributed by atoms with Gasteiger partial charge in [0.05, 0.1) is 6.61 Å². The van der Waals surface area contributed by atoms with E-state index < -0.39 is 0 Å². The topological polar surface area (TPSA) is 24.5 Å². The normalized spacial score (nSPS) is 18.8. The van der Waals surface area contributed by atoms with Crippen LogP contribution in [0.5, 0.6) is 0 Å². The molecule has 0 heterocycles. The van der Waals surface area contributed by atoms with Gasteiger partial charge in [0.15, 0.2) is 0 Å². The van der Waals surface area contributed by atoms with E-state index in [9.17, 15) is 0 Å². The molecule has 0 spiro atoms. The van der Waals surface area contributed by atoms with Crippen LogP contribution in [0.1, 0.15) is 52.9 Å². The van der Waals surface area contributed by atoms with Crippen LogP contribution in [-0.2, 0) is 4.74 Å². The quantitative estimate of drug-likeness (QED) is 0.552. The van der Waals surface area contributed by atoms with Crippen molar-refractivity contribution in [2.45, 2.75) is 65.0 Å². The molecule has 0 amide bonds. The van der Waals surface area contributed by atoms with Crippen molar-refractivity contribution in [2.75, 3.05) is 33.4 Å². The van der Waals surface area contributed by atoms with Gasteiger partial charge < -0.3 is 10.1 Å². The Morgan fingerprint density at radius 3 is 2.53 bits per heavy atom. The van der Waals surface area contributed by atoms with E-state index in [2.05, 4.69) is 38.0 Å². The Morgan fingerprint density at radius 1 is 1.26 bits per heavy atom. The zero-order valence-corrected chi connectivity index (χ0v) is 13.5. The lowest BCUT2D eigenvalue weighted by molar-refractivity contribution is 0.0816. The molecule has 1 aliphatic carbocycles. The average Bonchev–Trinajstić information content (AvgIpc) is 3.20. The molecule has 3 nitrogen and oxygen atoms in total. The van der Waals surface area contributed by atoms with Crippen molar-refractivity contribution in [3.63, 3.8) is 0 Å². The third-order valence-corrected chi connectivity index (χ3v) is 4.15. The van der Waals surface area contributed by atoms with Gasteiger partial charge in [0.2, 0.25) is 0 Å². The molecule has 3 heteroatoms. The summed E-state index contributed by atoms with van der Waals surface area (Å²) in [7, 11) is 2.24. The summed E-state index contributed by atoms with van der Waals surface area (Å²) in [6.07, 6.45) is 6.48. The maximum atomic E-state index is 5.76. The van der Waals surface area contributed by atoms with Gasteiger partial charge in [-0.1, -0.05) is 27.2 Å². The molecule has 0 aromatic heterocycles. The van der Waals surface area contributed by atoms with Gasteiger partial charge in [-0.15, -0.1) is 0 Å². The zero-order valence-electron chi connectivity index (χ0n) is 13.5. The number of rotatable bonds is 12. The lowest BCUT2D eigenvalue weighted by Crippen LogP contribution is -2.49. The summed E-state index contributed by atoms with van der Waals surface area (Å²) in [5, 5.41) is 3.65. The second kappa shape index (κ2) is 9.73. The number of ether oxygens (including phenoxy) is 1. The van der Waals surface area contributed by atoms with Crippen molar-refractivity contribution in [2.24, 2.45) is 5.92 Å². The average molecular weight is 270 g/mol. The molecule has 1 fully saturated rings. The molecule has 1 aliphatic rings. The van der Waals surface area contributed by atoms with Crippen LogP contribution in [-0.4, -0.2) is 50.3 Å². The van der Waals surface area contributed by atoms with Gasteiger partial charge in [0, 0.05) is 25.2 Å². The van der Waals surface area contributed by atoms with E-state index in [-0.39, 0.29) is 0 Å². The van der Waals surface area contributed by atoms with Gasteiger partial charge in [0.1, 0.15) is 0 Å². The van der Waals surface area contributed by atoms with Crippen molar-refractivity contribution >= 4 is 0 Å². The van der Waals surface area contributed by atoms with E-state index in [4.69, 9.17) is 4.74 Å². The molecule has 0 bridgehead atoms. The molecular formula is C16H34N2O. The third-order valence-electron chi connectivity index (χ3n) is 4.15. The molecule has 2 unspecified atom stereocenters. The Labute approximate surface area is 120 Å². The summed E-state index contributed by atoms with van der Waals surface area (Å²) in [5.41, 5.74) is 0. The molecule has 1 rings (SSSR count). The number of likely N-dealkylation sites (N-methyl/N-ethyl adjacent to an activating group) is 2. The van der Waals surface area contributed by atoms with Crippen molar-refractivity contribution in [3.8, 4) is 0 Å². The van der Waals surface area contributed by atoms with Gasteiger partial charge in [-0.05, 0) is 45.2 Å². The maximum absolute atomic E-state index is 5.76. The highest BCUT2D eigenvalue weighted by molar-refractivity contribution is 4.82. The highest BCUT2D eigenvalue weighted by Gasteiger charge is 2.23. The molecule has 0 aliphatic heterocycles. The second-order valence-electron chi connectivity index (χ2n) is 5.93. The van der Waals surface area contributed by atoms with Crippen LogP contribution in [0.25, 0.3) is 0 Å². The summed E-state index contributed by atoms with van der Waals surface area (Å²) < 4.78 is 5.76. The first-order valence-corrected chi connectivity index (χ1v) is 8.24. The van der Waals surface area contributed by atoms with Crippen molar-refractivity contribution < 1.29 is 4.74 Å². The fraction of sp³-hybridized carbons (Fsp3) is 1.00. The lowest BCUT2D eigenvalue weighted by atomic mass is 9.99. The standard InChI is InChI=1S/C16H34N2O/c1-5-8-15(17-7-3)16(6-2)18(4)11-12-19-13-14-9-10-14/h14-17H,5-13H2,1-4H3. The zero-order chi connectivity index (χ0) is 14.1. The molecule has 0 saturated heterocycles. The van der Waals surface area contributed by atoms with E-state index in [1.54, 1.807) is 0 Å². The van der Waals surface area contributed by atoms with E-state index in [0.29, 0.717) is 12.1 Å². The Kier molecular flexibility index (Phi) is 8.67. The number of hydrogen-bond donors (Lipinski definition) is 1. The van der Waals surface area contributed by atoms with Gasteiger partial charge >= 0.3 is 0 Å². The molecule has 1 N–H and O–H groups in total. The predicted molar refractivity (Wildman–Crippen MR) is 82.6 cm³/mol. The van der Waals surface area contributed by atoms with Gasteiger partial charge in [-0.2, -0.15) is 0 Å². The van der Waals surface area contributed by atoms with Gasteiger partial charge in [0.25, 0.3) is 0 Å². The Hall–Kier alpha value is -0.120. The van der Waals surface area contributed by atoms with E-state index in [0.717, 1.165) is 32.2 Å². The smallest absolute Gasteiger partial charge is 0.0593 e. The summed E-state index contributed by atoms with van der Waals surface area (Å²) >= 11 is 0. The Morgan fingerprint density at radius 2 is 2.00 bits per heavy atom. The molecule has 0 aromatic carbocycles. The monoisotopic (exact) mass is 270 g/mol. The first-order chi connectivity index (χ1) is 9.22. The summed E-state index contributed by atoms with van der Waals surface area (Å²) in [6, 6.07) is 1.25. The summed E-state index contributed by atoms with van der Waals surface area (Å²) in [4.78, 5) is 2.48. The largest absolute Gasteiger partial charge is 0.380 e. The number of nitrogens with one attached hydrogen (secondary N) is 1. The molecule has 0 aromatic rings. The Bertz CT molecular complexity index is 213. The number of hydrogen-bond acceptors (Lipinski definition) is 3.